The fraction of sp³-hybridized carbons (Fsp3) is 0.814. The van der Waals surface area contributed by atoms with E-state index in [-0.39, 0.29) is 13.2 Å². The molecule has 0 bridgehead atoms. The molecule has 52 heavy (non-hydrogen) atoms. The van der Waals surface area contributed by atoms with Crippen molar-refractivity contribution in [3.8, 4) is 0 Å². The predicted molar refractivity (Wildman–Crippen MR) is 218 cm³/mol. The van der Waals surface area contributed by atoms with E-state index in [0.29, 0.717) is 18.9 Å². The molecule has 0 amide bonds. The average Bonchev–Trinajstić information content (AvgIpc) is 3.13. The molecular formula is C43H80NO7P. The molecule has 0 saturated carbocycles. The first-order valence-electron chi connectivity index (χ1n) is 21.1. The molecule has 1 rings (SSSR count). The Morgan fingerprint density at radius 1 is 0.788 bits per heavy atom. The van der Waals surface area contributed by atoms with Gasteiger partial charge in [-0.25, -0.2) is 4.57 Å². The van der Waals surface area contributed by atoms with Crippen LogP contribution in [0.2, 0.25) is 0 Å². The Labute approximate surface area is 320 Å². The minimum Gasteiger partial charge on any atom is -0.379 e. The van der Waals surface area contributed by atoms with Crippen LogP contribution in [0.3, 0.4) is 0 Å². The summed E-state index contributed by atoms with van der Waals surface area (Å²) in [5.41, 5.74) is 0.811. The average molecular weight is 754 g/mol. The van der Waals surface area contributed by atoms with Crippen LogP contribution >= 0.6 is 7.82 Å². The van der Waals surface area contributed by atoms with E-state index < -0.39 is 38.5 Å². The van der Waals surface area contributed by atoms with Crippen molar-refractivity contribution in [2.45, 2.75) is 200 Å². The van der Waals surface area contributed by atoms with Crippen LogP contribution in [0, 0.1) is 5.92 Å². The van der Waals surface area contributed by atoms with Crippen molar-refractivity contribution in [1.29, 1.82) is 0 Å². The van der Waals surface area contributed by atoms with E-state index in [1.165, 1.54) is 115 Å². The molecule has 0 spiro atoms. The fourth-order valence-electron chi connectivity index (χ4n) is 6.63. The van der Waals surface area contributed by atoms with Gasteiger partial charge < -0.3 is 19.9 Å². The lowest BCUT2D eigenvalue weighted by molar-refractivity contribution is -0.253. The number of hydrogen-bond donors (Lipinski definition) is 2. The molecule has 1 saturated heterocycles. The maximum atomic E-state index is 13.8. The summed E-state index contributed by atoms with van der Waals surface area (Å²) in [5.74, 6) is 0.494. The van der Waals surface area contributed by atoms with Gasteiger partial charge in [0.1, 0.15) is 18.2 Å². The molecule has 0 aromatic heterocycles. The summed E-state index contributed by atoms with van der Waals surface area (Å²) in [4.78, 5) is 0. The molecule has 1 aliphatic heterocycles. The van der Waals surface area contributed by atoms with Gasteiger partial charge in [-0.15, -0.1) is 13.2 Å². The third-order valence-electron chi connectivity index (χ3n) is 9.85. The van der Waals surface area contributed by atoms with Crippen LogP contribution in [0.1, 0.15) is 169 Å². The number of phosphoric acid groups is 1. The molecule has 1 fully saturated rings. The van der Waals surface area contributed by atoms with E-state index in [1.54, 1.807) is 0 Å². The van der Waals surface area contributed by atoms with Crippen LogP contribution in [0.4, 0.5) is 0 Å². The lowest BCUT2D eigenvalue weighted by Crippen LogP contribution is -2.63. The van der Waals surface area contributed by atoms with Crippen molar-refractivity contribution in [1.82, 2.24) is 5.32 Å². The van der Waals surface area contributed by atoms with Gasteiger partial charge in [-0.3, -0.25) is 13.6 Å². The molecule has 0 aromatic rings. The summed E-state index contributed by atoms with van der Waals surface area (Å²) in [7, 11) is -4.05. The smallest absolute Gasteiger partial charge is 0.379 e. The van der Waals surface area contributed by atoms with Crippen molar-refractivity contribution < 1.29 is 32.7 Å². The largest absolute Gasteiger partial charge is 0.475 e. The highest BCUT2D eigenvalue weighted by Gasteiger charge is 2.50. The van der Waals surface area contributed by atoms with Crippen LogP contribution in [-0.4, -0.2) is 55.6 Å². The standard InChI is InChI=1S/C43H80NO7P/c1-8-13-15-17-18-19-20-21-22-23-24-25-26-28-30-32-38(7)44-40-42(47-36-33-37(6)31-29-27-16-14-9-2)41(39(12-5)50-43(40)45)51-52(46,48-34-10-3)49-35-11-4/h10-11,19-20,37,39-45H,3-4,7-9,12-18,21-36H2,1-2,5-6H3/b20-19-/t37-,39?,40?,41?,42?,43?/m1/s1. The SMILES string of the molecule is C=CCOP(=O)(OCC=C)OC1C(CC)OC(O)C(NC(=C)CCCCCCCCC/C=C\CCCCCC)C1OCC[C@H](C)CCCCCCC. The number of nitrogens with one attached hydrogen (secondary N) is 1. The molecule has 0 radical (unpaired) electrons. The topological polar surface area (TPSA) is 95.5 Å². The molecule has 9 heteroatoms. The maximum absolute atomic E-state index is 13.8. The van der Waals surface area contributed by atoms with Crippen LogP contribution < -0.4 is 5.32 Å². The number of unbranched alkanes of at least 4 members (excludes halogenated alkanes) is 15. The minimum absolute atomic E-state index is 0.0161. The number of rotatable bonds is 36. The van der Waals surface area contributed by atoms with E-state index >= 15 is 0 Å². The van der Waals surface area contributed by atoms with Crippen molar-refractivity contribution >= 4 is 7.82 Å². The normalized spacial score (nSPS) is 21.4. The molecule has 5 unspecified atom stereocenters. The molecule has 1 heterocycles. The second-order valence-electron chi connectivity index (χ2n) is 14.7. The molecule has 1 aliphatic rings. The van der Waals surface area contributed by atoms with Crippen molar-refractivity contribution in [2.24, 2.45) is 5.92 Å². The summed E-state index contributed by atoms with van der Waals surface area (Å²) in [6.07, 6.45) is 30.2. The first-order chi connectivity index (χ1) is 25.2. The van der Waals surface area contributed by atoms with E-state index in [0.717, 1.165) is 37.8 Å². The Kier molecular flexibility index (Phi) is 30.0. The summed E-state index contributed by atoms with van der Waals surface area (Å²) >= 11 is 0. The fourth-order valence-corrected chi connectivity index (χ4v) is 7.95. The summed E-state index contributed by atoms with van der Waals surface area (Å²) in [6.45, 7) is 20.8. The van der Waals surface area contributed by atoms with Gasteiger partial charge in [0.2, 0.25) is 0 Å². The quantitative estimate of drug-likeness (QED) is 0.0371. The van der Waals surface area contributed by atoms with Crippen LogP contribution in [0.25, 0.3) is 0 Å². The van der Waals surface area contributed by atoms with E-state index in [1.807, 2.05) is 6.92 Å². The van der Waals surface area contributed by atoms with Crippen LogP contribution in [0.5, 0.6) is 0 Å². The zero-order valence-electron chi connectivity index (χ0n) is 33.9. The lowest BCUT2D eigenvalue weighted by atomic mass is 9.94. The second kappa shape index (κ2) is 32.0. The Morgan fingerprint density at radius 3 is 1.90 bits per heavy atom. The number of aliphatic hydroxyl groups excluding tert-OH is 1. The van der Waals surface area contributed by atoms with Gasteiger partial charge in [0.25, 0.3) is 0 Å². The Morgan fingerprint density at radius 2 is 1.33 bits per heavy atom. The summed E-state index contributed by atoms with van der Waals surface area (Å²) < 4.78 is 43.7. The second-order valence-corrected chi connectivity index (χ2v) is 16.3. The van der Waals surface area contributed by atoms with Gasteiger partial charge in [0, 0.05) is 12.3 Å². The molecule has 6 atom stereocenters. The predicted octanol–water partition coefficient (Wildman–Crippen LogP) is 12.3. The van der Waals surface area contributed by atoms with Gasteiger partial charge in [0.15, 0.2) is 6.29 Å². The van der Waals surface area contributed by atoms with E-state index in [4.69, 9.17) is 23.0 Å². The number of allylic oxidation sites excluding steroid dienone is 3. The Balaban J connectivity index is 2.76. The molecule has 304 valence electrons. The number of ether oxygens (including phenoxy) is 2. The Bertz CT molecular complexity index is 959. The zero-order valence-corrected chi connectivity index (χ0v) is 34.8. The van der Waals surface area contributed by atoms with Gasteiger partial charge in [-0.1, -0.05) is 148 Å². The van der Waals surface area contributed by atoms with E-state index in [2.05, 4.69) is 58.0 Å². The molecule has 2 N–H and O–H groups in total. The number of aliphatic hydroxyl groups is 1. The van der Waals surface area contributed by atoms with Gasteiger partial charge in [0.05, 0.1) is 19.3 Å². The highest BCUT2D eigenvalue weighted by atomic mass is 31.2. The van der Waals surface area contributed by atoms with Gasteiger partial charge in [-0.05, 0) is 57.3 Å². The highest BCUT2D eigenvalue weighted by Crippen LogP contribution is 2.52. The van der Waals surface area contributed by atoms with Gasteiger partial charge in [-0.2, -0.15) is 0 Å². The molecule has 0 aliphatic carbocycles. The van der Waals surface area contributed by atoms with Crippen molar-refractivity contribution in [3.63, 3.8) is 0 Å². The van der Waals surface area contributed by atoms with Crippen molar-refractivity contribution in [3.05, 3.63) is 49.7 Å². The monoisotopic (exact) mass is 754 g/mol. The highest BCUT2D eigenvalue weighted by molar-refractivity contribution is 7.48. The zero-order chi connectivity index (χ0) is 38.3. The van der Waals surface area contributed by atoms with Crippen LogP contribution in [-0.2, 0) is 27.6 Å². The molecular weight excluding hydrogens is 673 g/mol. The third kappa shape index (κ3) is 22.8. The number of phosphoric ester groups is 1. The molecule has 8 nitrogen and oxygen atoms in total. The summed E-state index contributed by atoms with van der Waals surface area (Å²) in [5, 5.41) is 14.7. The van der Waals surface area contributed by atoms with E-state index in [9.17, 15) is 9.67 Å². The van der Waals surface area contributed by atoms with Gasteiger partial charge >= 0.3 is 7.82 Å². The summed E-state index contributed by atoms with van der Waals surface area (Å²) in [6, 6.07) is -0.678. The Hall–Kier alpha value is -1.25. The maximum Gasteiger partial charge on any atom is 0.475 e. The lowest BCUT2D eigenvalue weighted by Gasteiger charge is -2.45. The van der Waals surface area contributed by atoms with Crippen molar-refractivity contribution in [2.75, 3.05) is 19.8 Å². The van der Waals surface area contributed by atoms with Crippen LogP contribution in [0.15, 0.2) is 49.7 Å². The molecule has 0 aromatic carbocycles. The third-order valence-corrected chi connectivity index (χ3v) is 11.3. The minimum atomic E-state index is -4.05. The first kappa shape index (κ1) is 48.8. The first-order valence-corrected chi connectivity index (χ1v) is 22.5. The number of hydrogen-bond acceptors (Lipinski definition) is 8.